The Morgan fingerprint density at radius 1 is 1.12 bits per heavy atom. The van der Waals surface area contributed by atoms with Crippen molar-refractivity contribution in [1.29, 1.82) is 0 Å². The minimum Gasteiger partial charge on any atom is -0.411 e. The Morgan fingerprint density at radius 2 is 1.79 bits per heavy atom. The molecule has 3 aromatic rings. The summed E-state index contributed by atoms with van der Waals surface area (Å²) in [7, 11) is 1.89. The number of aromatic nitrogens is 2. The summed E-state index contributed by atoms with van der Waals surface area (Å²) in [6, 6.07) is 17.9. The van der Waals surface area contributed by atoms with Gasteiger partial charge in [0.05, 0.1) is 7.05 Å². The Kier molecular flexibility index (Phi) is 8.34. The highest BCUT2D eigenvalue weighted by Crippen LogP contribution is 2.21. The molecule has 1 amide bonds. The molecule has 0 radical (unpaired) electrons. The Hall–Kier alpha value is -3.49. The van der Waals surface area contributed by atoms with Gasteiger partial charge in [0.1, 0.15) is 24.1 Å². The monoisotopic (exact) mass is 451 g/mol. The molecule has 0 saturated carbocycles. The highest BCUT2D eigenvalue weighted by molar-refractivity contribution is 5.99. The summed E-state index contributed by atoms with van der Waals surface area (Å²) in [5.41, 5.74) is 6.14. The van der Waals surface area contributed by atoms with E-state index >= 15 is 0 Å². The van der Waals surface area contributed by atoms with Gasteiger partial charge < -0.3 is 10.3 Å². The number of nitrogens with one attached hydrogen (secondary N) is 1. The first-order chi connectivity index (χ1) is 16.0. The van der Waals surface area contributed by atoms with E-state index in [2.05, 4.69) is 5.16 Å². The molecule has 0 saturated heterocycles. The summed E-state index contributed by atoms with van der Waals surface area (Å²) in [5.74, 6) is -1.32. The molecule has 33 heavy (non-hydrogen) atoms. The maximum atomic E-state index is 12.0. The molecule has 0 fully saturated rings. The van der Waals surface area contributed by atoms with E-state index in [1.54, 1.807) is 5.48 Å². The molecule has 2 atom stereocenters. The van der Waals surface area contributed by atoms with Crippen molar-refractivity contribution in [1.82, 2.24) is 10.0 Å². The van der Waals surface area contributed by atoms with Crippen molar-refractivity contribution in [3.63, 3.8) is 0 Å². The van der Waals surface area contributed by atoms with E-state index in [0.29, 0.717) is 25.1 Å². The number of hydrogen-bond donors (Lipinski definition) is 4. The highest BCUT2D eigenvalue weighted by Gasteiger charge is 2.29. The van der Waals surface area contributed by atoms with E-state index in [4.69, 9.17) is 5.21 Å². The summed E-state index contributed by atoms with van der Waals surface area (Å²) in [5, 5.41) is 32.0. The second-order valence-electron chi connectivity index (χ2n) is 8.15. The lowest BCUT2D eigenvalue weighted by atomic mass is 9.86. The van der Waals surface area contributed by atoms with Gasteiger partial charge in [0, 0.05) is 30.4 Å². The van der Waals surface area contributed by atoms with Gasteiger partial charge in [0.2, 0.25) is 12.2 Å². The lowest BCUT2D eigenvalue weighted by Gasteiger charge is -2.21. The molecule has 4 N–H and O–H groups in total. The van der Waals surface area contributed by atoms with Crippen molar-refractivity contribution in [2.24, 2.45) is 24.0 Å². The van der Waals surface area contributed by atoms with Crippen molar-refractivity contribution in [2.45, 2.75) is 26.3 Å². The van der Waals surface area contributed by atoms with E-state index in [9.17, 15) is 15.1 Å². The molecule has 3 rings (SSSR count). The van der Waals surface area contributed by atoms with Gasteiger partial charge in [-0.2, -0.15) is 0 Å². The quantitative estimate of drug-likeness (QED) is 0.125. The maximum Gasteiger partial charge on any atom is 0.246 e. The van der Waals surface area contributed by atoms with Crippen LogP contribution >= 0.6 is 0 Å². The van der Waals surface area contributed by atoms with Crippen LogP contribution in [0.3, 0.4) is 0 Å². The summed E-state index contributed by atoms with van der Waals surface area (Å²) in [4.78, 5) is 12.0. The van der Waals surface area contributed by atoms with Crippen molar-refractivity contribution >= 4 is 11.6 Å². The number of hydroxylamine groups is 1. The van der Waals surface area contributed by atoms with Crippen LogP contribution in [-0.4, -0.2) is 38.3 Å². The highest BCUT2D eigenvalue weighted by atomic mass is 16.5. The number of carbonyl (C=O) groups is 1. The van der Waals surface area contributed by atoms with Crippen LogP contribution < -0.4 is 10.0 Å². The van der Waals surface area contributed by atoms with Gasteiger partial charge in [-0.3, -0.25) is 10.0 Å². The SMILES string of the molecule is CCC(C(=O)NO)C(CO)Cc1c[n+](C/C(=N\O)c2ccc(-c3ccccc3)cc2)cn1C. The molecular weight excluding hydrogens is 420 g/mol. The molecule has 2 aromatic carbocycles. The molecule has 0 spiro atoms. The van der Waals surface area contributed by atoms with Crippen LogP contribution in [0.2, 0.25) is 0 Å². The molecule has 1 heterocycles. The number of aryl methyl sites for hydroxylation is 1. The molecule has 0 aliphatic rings. The Balaban J connectivity index is 1.74. The summed E-state index contributed by atoms with van der Waals surface area (Å²) < 4.78 is 3.82. The minimum atomic E-state index is -0.499. The number of imidazole rings is 1. The van der Waals surface area contributed by atoms with E-state index < -0.39 is 11.8 Å². The normalized spacial score (nSPS) is 13.5. The van der Waals surface area contributed by atoms with Crippen LogP contribution in [0.1, 0.15) is 24.6 Å². The van der Waals surface area contributed by atoms with Crippen LogP contribution in [0.4, 0.5) is 0 Å². The Labute approximate surface area is 193 Å². The first-order valence-corrected chi connectivity index (χ1v) is 11.0. The largest absolute Gasteiger partial charge is 0.411 e. The molecule has 8 nitrogen and oxygen atoms in total. The predicted octanol–water partition coefficient (Wildman–Crippen LogP) is 2.54. The van der Waals surface area contributed by atoms with Gasteiger partial charge in [-0.05, 0) is 17.5 Å². The lowest BCUT2D eigenvalue weighted by molar-refractivity contribution is -0.681. The topological polar surface area (TPSA) is 111 Å². The Morgan fingerprint density at radius 3 is 2.36 bits per heavy atom. The van der Waals surface area contributed by atoms with Gasteiger partial charge in [0.25, 0.3) is 0 Å². The number of carbonyl (C=O) groups excluding carboxylic acids is 1. The maximum absolute atomic E-state index is 12.0. The third-order valence-corrected chi connectivity index (χ3v) is 6.03. The van der Waals surface area contributed by atoms with Crippen molar-refractivity contribution in [3.8, 4) is 11.1 Å². The molecule has 1 aromatic heterocycles. The van der Waals surface area contributed by atoms with Gasteiger partial charge in [-0.15, -0.1) is 0 Å². The van der Waals surface area contributed by atoms with Crippen molar-refractivity contribution in [2.75, 3.05) is 6.61 Å². The van der Waals surface area contributed by atoms with Crippen LogP contribution in [-0.2, 0) is 24.8 Å². The number of benzene rings is 2. The average molecular weight is 452 g/mol. The van der Waals surface area contributed by atoms with Gasteiger partial charge >= 0.3 is 0 Å². The third-order valence-electron chi connectivity index (χ3n) is 6.03. The number of aliphatic hydroxyl groups excluding tert-OH is 1. The molecule has 174 valence electrons. The Bertz CT molecular complexity index is 1080. The molecular formula is C25H31N4O4+. The molecule has 0 aliphatic heterocycles. The zero-order valence-electron chi connectivity index (χ0n) is 18.9. The second kappa shape index (κ2) is 11.4. The number of rotatable bonds is 10. The van der Waals surface area contributed by atoms with Crippen molar-refractivity contribution < 1.29 is 24.9 Å². The summed E-state index contributed by atoms with van der Waals surface area (Å²) >= 11 is 0. The number of oxime groups is 1. The third kappa shape index (κ3) is 5.85. The van der Waals surface area contributed by atoms with E-state index in [-0.39, 0.29) is 12.5 Å². The van der Waals surface area contributed by atoms with Crippen LogP contribution in [0, 0.1) is 11.8 Å². The molecule has 8 heteroatoms. The van der Waals surface area contributed by atoms with Crippen LogP contribution in [0.25, 0.3) is 11.1 Å². The lowest BCUT2D eigenvalue weighted by Crippen LogP contribution is -2.36. The smallest absolute Gasteiger partial charge is 0.246 e. The minimum absolute atomic E-state index is 0.172. The molecule has 0 bridgehead atoms. The summed E-state index contributed by atoms with van der Waals surface area (Å²) in [6.45, 7) is 2.03. The first kappa shape index (κ1) is 24.2. The summed E-state index contributed by atoms with van der Waals surface area (Å²) in [6.07, 6.45) is 4.75. The van der Waals surface area contributed by atoms with Crippen LogP contribution in [0.5, 0.6) is 0 Å². The van der Waals surface area contributed by atoms with Crippen LogP contribution in [0.15, 0.2) is 72.3 Å². The zero-order chi connectivity index (χ0) is 23.8. The average Bonchev–Trinajstić information content (AvgIpc) is 3.21. The fraction of sp³-hybridized carbons (Fsp3) is 0.320. The van der Waals surface area contributed by atoms with Gasteiger partial charge in [-0.25, -0.2) is 14.6 Å². The fourth-order valence-corrected chi connectivity index (χ4v) is 4.15. The number of nitrogens with zero attached hydrogens (tertiary/aromatic N) is 3. The first-order valence-electron chi connectivity index (χ1n) is 11.0. The zero-order valence-corrected chi connectivity index (χ0v) is 18.9. The predicted molar refractivity (Wildman–Crippen MR) is 124 cm³/mol. The number of aliphatic hydroxyl groups is 1. The number of hydrogen-bond acceptors (Lipinski definition) is 5. The number of amides is 1. The molecule has 0 aliphatic carbocycles. The molecule has 2 unspecified atom stereocenters. The van der Waals surface area contributed by atoms with Crippen molar-refractivity contribution in [3.05, 3.63) is 78.4 Å². The standard InChI is InChI=1S/C25H30N4O4/c1-3-23(25(31)27-33)21(16-30)13-22-14-29(17-28(22)2)15-24(26-32)20-11-9-19(10-12-20)18-7-5-4-6-8-18/h4-12,14,17,21,23,30H,3,13,15-16H2,1-2H3,(H2-,27,31,32,33)/p+1/b26-24+. The van der Waals surface area contributed by atoms with E-state index in [0.717, 1.165) is 22.4 Å². The van der Waals surface area contributed by atoms with E-state index in [1.165, 1.54) is 0 Å². The van der Waals surface area contributed by atoms with Gasteiger partial charge in [-0.1, -0.05) is 66.7 Å². The van der Waals surface area contributed by atoms with E-state index in [1.807, 2.05) is 90.2 Å². The van der Waals surface area contributed by atoms with Gasteiger partial charge in [0.15, 0.2) is 0 Å². The fourth-order valence-electron chi connectivity index (χ4n) is 4.15. The second-order valence-corrected chi connectivity index (χ2v) is 8.15.